The second-order valence-electron chi connectivity index (χ2n) is 6.17. The fourth-order valence-corrected chi connectivity index (χ4v) is 4.02. The summed E-state index contributed by atoms with van der Waals surface area (Å²) in [6.07, 6.45) is 0. The van der Waals surface area contributed by atoms with Crippen molar-refractivity contribution in [2.45, 2.75) is 13.5 Å². The smallest absolute Gasteiger partial charge is 0.387 e. The molecule has 0 aliphatic rings. The quantitative estimate of drug-likeness (QED) is 0.361. The number of rotatable bonds is 6. The molecule has 1 aromatic heterocycles. The van der Waals surface area contributed by atoms with Gasteiger partial charge in [0, 0.05) is 4.88 Å². The number of thiocarbonyl (C=S) groups is 1. The lowest BCUT2D eigenvalue weighted by atomic mass is 10.1. The SMILES string of the molecule is COC(=O)c1cc(-c2ccccc2)sc1NC(=S)Nc1cc(C)ccc1OC(F)F. The van der Waals surface area contributed by atoms with Gasteiger partial charge in [0.15, 0.2) is 5.11 Å². The van der Waals surface area contributed by atoms with Crippen LogP contribution in [0.3, 0.4) is 0 Å². The summed E-state index contributed by atoms with van der Waals surface area (Å²) in [4.78, 5) is 13.1. The van der Waals surface area contributed by atoms with Gasteiger partial charge in [0.05, 0.1) is 18.4 Å². The van der Waals surface area contributed by atoms with Crippen molar-refractivity contribution < 1.29 is 23.0 Å². The van der Waals surface area contributed by atoms with E-state index in [-0.39, 0.29) is 16.5 Å². The van der Waals surface area contributed by atoms with Crippen molar-refractivity contribution >= 4 is 45.3 Å². The van der Waals surface area contributed by atoms with Gasteiger partial charge >= 0.3 is 12.6 Å². The van der Waals surface area contributed by atoms with Crippen molar-refractivity contribution in [1.29, 1.82) is 0 Å². The van der Waals surface area contributed by atoms with Crippen LogP contribution < -0.4 is 15.4 Å². The third-order valence-corrected chi connectivity index (χ3v) is 5.33. The Morgan fingerprint density at radius 2 is 1.83 bits per heavy atom. The van der Waals surface area contributed by atoms with Gasteiger partial charge in [-0.1, -0.05) is 36.4 Å². The Morgan fingerprint density at radius 1 is 1.10 bits per heavy atom. The summed E-state index contributed by atoms with van der Waals surface area (Å²) in [6, 6.07) is 16.0. The van der Waals surface area contributed by atoms with E-state index in [2.05, 4.69) is 15.4 Å². The Hall–Kier alpha value is -3.04. The lowest BCUT2D eigenvalue weighted by Crippen LogP contribution is -2.20. The zero-order valence-electron chi connectivity index (χ0n) is 16.1. The molecular formula is C21H18F2N2O3S2. The molecule has 2 N–H and O–H groups in total. The Morgan fingerprint density at radius 3 is 2.50 bits per heavy atom. The Kier molecular flexibility index (Phi) is 6.96. The number of carbonyl (C=O) groups excluding carboxylic acids is 1. The Balaban J connectivity index is 1.85. The van der Waals surface area contributed by atoms with Crippen LogP contribution >= 0.6 is 23.6 Å². The molecule has 0 aliphatic heterocycles. The van der Waals surface area contributed by atoms with E-state index in [0.717, 1.165) is 16.0 Å². The number of methoxy groups -OCH3 is 1. The topological polar surface area (TPSA) is 59.6 Å². The lowest BCUT2D eigenvalue weighted by Gasteiger charge is -2.15. The third kappa shape index (κ3) is 5.31. The first-order chi connectivity index (χ1) is 14.4. The van der Waals surface area contributed by atoms with Crippen molar-refractivity contribution in [3.05, 3.63) is 65.7 Å². The van der Waals surface area contributed by atoms with Gasteiger partial charge in [-0.05, 0) is 48.5 Å². The fourth-order valence-electron chi connectivity index (χ4n) is 2.69. The van der Waals surface area contributed by atoms with E-state index in [0.29, 0.717) is 10.6 Å². The van der Waals surface area contributed by atoms with E-state index in [1.165, 1.54) is 24.5 Å². The number of carbonyl (C=O) groups is 1. The molecule has 156 valence electrons. The molecule has 0 unspecified atom stereocenters. The second-order valence-corrected chi connectivity index (χ2v) is 7.63. The summed E-state index contributed by atoms with van der Waals surface area (Å²) < 4.78 is 34.8. The molecule has 0 saturated carbocycles. The molecule has 3 aromatic rings. The monoisotopic (exact) mass is 448 g/mol. The number of halogens is 2. The van der Waals surface area contributed by atoms with Crippen LogP contribution in [0.5, 0.6) is 5.75 Å². The summed E-state index contributed by atoms with van der Waals surface area (Å²) in [5.74, 6) is -0.555. The maximum absolute atomic E-state index is 12.7. The molecule has 0 fully saturated rings. The van der Waals surface area contributed by atoms with Gasteiger partial charge in [-0.15, -0.1) is 11.3 Å². The van der Waals surface area contributed by atoms with Crippen molar-refractivity contribution in [2.75, 3.05) is 17.7 Å². The normalized spacial score (nSPS) is 10.6. The minimum absolute atomic E-state index is 0.0379. The molecule has 0 spiro atoms. The van der Waals surface area contributed by atoms with Crippen molar-refractivity contribution in [3.63, 3.8) is 0 Å². The molecule has 0 saturated heterocycles. The van der Waals surface area contributed by atoms with E-state index in [1.54, 1.807) is 18.2 Å². The highest BCUT2D eigenvalue weighted by molar-refractivity contribution is 7.80. The first kappa shape index (κ1) is 21.7. The average Bonchev–Trinajstić information content (AvgIpc) is 3.13. The van der Waals surface area contributed by atoms with Gasteiger partial charge in [0.25, 0.3) is 0 Å². The van der Waals surface area contributed by atoms with Gasteiger partial charge < -0.3 is 20.1 Å². The summed E-state index contributed by atoms with van der Waals surface area (Å²) in [5.41, 5.74) is 2.37. The van der Waals surface area contributed by atoms with Crippen LogP contribution in [0.1, 0.15) is 15.9 Å². The Labute approximate surface area is 181 Å². The molecule has 1 heterocycles. The number of ether oxygens (including phenoxy) is 2. The third-order valence-electron chi connectivity index (χ3n) is 4.02. The summed E-state index contributed by atoms with van der Waals surface area (Å²) in [6.45, 7) is -1.15. The summed E-state index contributed by atoms with van der Waals surface area (Å²) in [7, 11) is 1.29. The predicted octanol–water partition coefficient (Wildman–Crippen LogP) is 5.92. The maximum atomic E-state index is 12.7. The second kappa shape index (κ2) is 9.64. The Bertz CT molecular complexity index is 1060. The number of anilines is 2. The van der Waals surface area contributed by atoms with Crippen LogP contribution in [-0.4, -0.2) is 24.8 Å². The number of aryl methyl sites for hydroxylation is 1. The van der Waals surface area contributed by atoms with Crippen molar-refractivity contribution in [1.82, 2.24) is 0 Å². The molecule has 0 bridgehead atoms. The highest BCUT2D eigenvalue weighted by atomic mass is 32.1. The number of hydrogen-bond acceptors (Lipinski definition) is 5. The summed E-state index contributed by atoms with van der Waals surface area (Å²) >= 11 is 6.65. The number of esters is 1. The molecule has 2 aromatic carbocycles. The van der Waals surface area contributed by atoms with E-state index < -0.39 is 12.6 Å². The van der Waals surface area contributed by atoms with Crippen LogP contribution in [0.2, 0.25) is 0 Å². The van der Waals surface area contributed by atoms with Gasteiger partial charge in [0.1, 0.15) is 10.8 Å². The molecular weight excluding hydrogens is 430 g/mol. The molecule has 0 aliphatic carbocycles. The van der Waals surface area contributed by atoms with Crippen LogP contribution in [-0.2, 0) is 4.74 Å². The fraction of sp³-hybridized carbons (Fsp3) is 0.143. The number of alkyl halides is 2. The number of benzene rings is 2. The molecule has 0 atom stereocenters. The van der Waals surface area contributed by atoms with E-state index in [9.17, 15) is 13.6 Å². The molecule has 0 radical (unpaired) electrons. The van der Waals surface area contributed by atoms with Crippen molar-refractivity contribution in [2.24, 2.45) is 0 Å². The van der Waals surface area contributed by atoms with Crippen LogP contribution in [0.4, 0.5) is 19.5 Å². The van der Waals surface area contributed by atoms with Crippen LogP contribution in [0, 0.1) is 6.92 Å². The molecule has 9 heteroatoms. The molecule has 5 nitrogen and oxygen atoms in total. The van der Waals surface area contributed by atoms with E-state index in [1.807, 2.05) is 37.3 Å². The van der Waals surface area contributed by atoms with Crippen molar-refractivity contribution in [3.8, 4) is 16.2 Å². The van der Waals surface area contributed by atoms with Crippen LogP contribution in [0.15, 0.2) is 54.6 Å². The van der Waals surface area contributed by atoms with E-state index >= 15 is 0 Å². The van der Waals surface area contributed by atoms with Crippen LogP contribution in [0.25, 0.3) is 10.4 Å². The molecule has 3 rings (SSSR count). The number of nitrogens with one attached hydrogen (secondary N) is 2. The zero-order valence-corrected chi connectivity index (χ0v) is 17.7. The largest absolute Gasteiger partial charge is 0.465 e. The molecule has 0 amide bonds. The first-order valence-corrected chi connectivity index (χ1v) is 10.0. The maximum Gasteiger partial charge on any atom is 0.387 e. The van der Waals surface area contributed by atoms with E-state index in [4.69, 9.17) is 17.0 Å². The van der Waals surface area contributed by atoms with Gasteiger partial charge in [-0.25, -0.2) is 4.79 Å². The average molecular weight is 449 g/mol. The minimum Gasteiger partial charge on any atom is -0.465 e. The number of hydrogen-bond donors (Lipinski definition) is 2. The lowest BCUT2D eigenvalue weighted by molar-refractivity contribution is -0.0493. The highest BCUT2D eigenvalue weighted by Crippen LogP contribution is 2.36. The predicted molar refractivity (Wildman–Crippen MR) is 119 cm³/mol. The number of thiophene rings is 1. The van der Waals surface area contributed by atoms with Gasteiger partial charge in [-0.2, -0.15) is 8.78 Å². The van der Waals surface area contributed by atoms with Gasteiger partial charge in [-0.3, -0.25) is 0 Å². The highest BCUT2D eigenvalue weighted by Gasteiger charge is 2.19. The summed E-state index contributed by atoms with van der Waals surface area (Å²) in [5, 5.41) is 6.41. The van der Waals surface area contributed by atoms with Gasteiger partial charge in [0.2, 0.25) is 0 Å². The zero-order chi connectivity index (χ0) is 21.7. The first-order valence-electron chi connectivity index (χ1n) is 8.78. The molecule has 30 heavy (non-hydrogen) atoms. The standard InChI is InChI=1S/C21H18F2N2O3S2/c1-12-8-9-16(28-20(22)23)15(10-12)24-21(29)25-18-14(19(26)27-2)11-17(30-18)13-6-4-3-5-7-13/h3-11,20H,1-2H3,(H2,24,25,29). The minimum atomic E-state index is -2.97.